The van der Waals surface area contributed by atoms with Gasteiger partial charge in [0.2, 0.25) is 0 Å². The maximum atomic E-state index is 8.53. The highest BCUT2D eigenvalue weighted by molar-refractivity contribution is 5.80. The van der Waals surface area contributed by atoms with E-state index in [-0.39, 0.29) is 0 Å². The molecule has 0 aromatic heterocycles. The monoisotopic (exact) mass is 241 g/mol. The molecule has 1 saturated carbocycles. The summed E-state index contributed by atoms with van der Waals surface area (Å²) >= 11 is 0. The number of rotatable bonds is 8. The van der Waals surface area contributed by atoms with Crippen LogP contribution >= 0.6 is 0 Å². The van der Waals surface area contributed by atoms with Crippen LogP contribution in [0.2, 0.25) is 0 Å². The molecule has 0 aromatic carbocycles. The maximum Gasteiger partial charge on any atom is 0.140 e. The van der Waals surface area contributed by atoms with Crippen molar-refractivity contribution in [1.29, 1.82) is 0 Å². The lowest BCUT2D eigenvalue weighted by Crippen LogP contribution is -2.33. The number of hydrogen-bond acceptors (Lipinski definition) is 3. The van der Waals surface area contributed by atoms with Gasteiger partial charge < -0.3 is 16.3 Å². The summed E-state index contributed by atoms with van der Waals surface area (Å²) < 4.78 is 0. The van der Waals surface area contributed by atoms with Crippen LogP contribution in [0.4, 0.5) is 0 Å². The minimum Gasteiger partial charge on any atom is -0.409 e. The third-order valence-electron chi connectivity index (χ3n) is 3.77. The van der Waals surface area contributed by atoms with Crippen molar-refractivity contribution in [3.8, 4) is 0 Å². The minimum absolute atomic E-state index is 0.320. The largest absolute Gasteiger partial charge is 0.409 e. The predicted octanol–water partition coefficient (Wildman–Crippen LogP) is 2.46. The highest BCUT2D eigenvalue weighted by Gasteiger charge is 2.14. The van der Waals surface area contributed by atoms with E-state index in [4.69, 9.17) is 10.9 Å². The highest BCUT2D eigenvalue weighted by atomic mass is 16.4. The van der Waals surface area contributed by atoms with Gasteiger partial charge >= 0.3 is 0 Å². The fourth-order valence-corrected chi connectivity index (χ4v) is 2.65. The zero-order valence-electron chi connectivity index (χ0n) is 11.0. The van der Waals surface area contributed by atoms with Gasteiger partial charge in [-0.2, -0.15) is 0 Å². The predicted molar refractivity (Wildman–Crippen MR) is 71.3 cm³/mol. The Morgan fingerprint density at radius 3 is 2.76 bits per heavy atom. The van der Waals surface area contributed by atoms with E-state index in [1.165, 1.54) is 38.5 Å². The maximum absolute atomic E-state index is 8.53. The van der Waals surface area contributed by atoms with Gasteiger partial charge in [-0.1, -0.05) is 37.8 Å². The van der Waals surface area contributed by atoms with Crippen molar-refractivity contribution in [2.24, 2.45) is 16.8 Å². The molecule has 1 aliphatic rings. The Bertz CT molecular complexity index is 225. The van der Waals surface area contributed by atoms with Gasteiger partial charge in [0.15, 0.2) is 0 Å². The third-order valence-corrected chi connectivity index (χ3v) is 3.77. The van der Waals surface area contributed by atoms with Crippen molar-refractivity contribution < 1.29 is 5.21 Å². The Balaban J connectivity index is 2.06. The van der Waals surface area contributed by atoms with Crippen LogP contribution in [0.1, 0.15) is 58.3 Å². The average molecular weight is 241 g/mol. The first-order chi connectivity index (χ1) is 8.26. The Morgan fingerprint density at radius 1 is 1.47 bits per heavy atom. The molecule has 1 unspecified atom stereocenters. The van der Waals surface area contributed by atoms with Crippen molar-refractivity contribution >= 4 is 5.84 Å². The minimum atomic E-state index is 0.320. The molecular formula is C13H27N3O. The van der Waals surface area contributed by atoms with Crippen molar-refractivity contribution in [2.45, 2.75) is 64.3 Å². The zero-order chi connectivity index (χ0) is 12.5. The second-order valence-corrected chi connectivity index (χ2v) is 5.15. The number of nitrogens with one attached hydrogen (secondary N) is 1. The lowest BCUT2D eigenvalue weighted by molar-refractivity contribution is 0.315. The van der Waals surface area contributed by atoms with Gasteiger partial charge in [0.25, 0.3) is 0 Å². The van der Waals surface area contributed by atoms with Gasteiger partial charge in [0.05, 0.1) is 0 Å². The van der Waals surface area contributed by atoms with Crippen molar-refractivity contribution in [2.75, 3.05) is 6.54 Å². The lowest BCUT2D eigenvalue weighted by atomic mass is 10.0. The summed E-state index contributed by atoms with van der Waals surface area (Å²) in [5, 5.41) is 15.0. The topological polar surface area (TPSA) is 70.6 Å². The van der Waals surface area contributed by atoms with Gasteiger partial charge in [-0.05, 0) is 31.7 Å². The smallest absolute Gasteiger partial charge is 0.140 e. The molecule has 100 valence electrons. The fraction of sp³-hybridized carbons (Fsp3) is 0.923. The Labute approximate surface area is 105 Å². The first-order valence-corrected chi connectivity index (χ1v) is 6.96. The summed E-state index contributed by atoms with van der Waals surface area (Å²) in [6.07, 6.45) is 9.97. The summed E-state index contributed by atoms with van der Waals surface area (Å²) in [7, 11) is 0. The number of oxime groups is 1. The molecule has 0 amide bonds. The summed E-state index contributed by atoms with van der Waals surface area (Å²) in [4.78, 5) is 0. The van der Waals surface area contributed by atoms with Gasteiger partial charge in [0.1, 0.15) is 5.84 Å². The average Bonchev–Trinajstić information content (AvgIpc) is 2.85. The molecule has 0 saturated heterocycles. The van der Waals surface area contributed by atoms with E-state index >= 15 is 0 Å². The molecule has 0 bridgehead atoms. The Hall–Kier alpha value is -0.770. The number of nitrogens with zero attached hydrogens (tertiary/aromatic N) is 1. The number of hydrogen-bond donors (Lipinski definition) is 3. The standard InChI is InChI=1S/C13H27N3O/c1-2-12(10-13(14)16-17)15-9-5-8-11-6-3-4-7-11/h11-12,15,17H,2-10H2,1H3,(H2,14,16). The molecular weight excluding hydrogens is 214 g/mol. The van der Waals surface area contributed by atoms with Crippen LogP contribution in [0.25, 0.3) is 0 Å². The van der Waals surface area contributed by atoms with Gasteiger partial charge in [0, 0.05) is 12.5 Å². The molecule has 0 heterocycles. The normalized spacial score (nSPS) is 19.7. The second-order valence-electron chi connectivity index (χ2n) is 5.15. The molecule has 4 heteroatoms. The third kappa shape index (κ3) is 5.91. The summed E-state index contributed by atoms with van der Waals surface area (Å²) in [5.41, 5.74) is 5.51. The van der Waals surface area contributed by atoms with E-state index in [9.17, 15) is 0 Å². The van der Waals surface area contributed by atoms with Gasteiger partial charge in [-0.3, -0.25) is 0 Å². The van der Waals surface area contributed by atoms with Crippen LogP contribution in [0.3, 0.4) is 0 Å². The molecule has 4 nitrogen and oxygen atoms in total. The second kappa shape index (κ2) is 8.34. The summed E-state index contributed by atoms with van der Waals surface area (Å²) in [6.45, 7) is 3.17. The molecule has 1 rings (SSSR count). The number of amidine groups is 1. The van der Waals surface area contributed by atoms with Crippen LogP contribution in [-0.4, -0.2) is 23.6 Å². The quantitative estimate of drug-likeness (QED) is 0.201. The highest BCUT2D eigenvalue weighted by Crippen LogP contribution is 2.28. The molecule has 1 aliphatic carbocycles. The Morgan fingerprint density at radius 2 is 2.18 bits per heavy atom. The first-order valence-electron chi connectivity index (χ1n) is 6.96. The van der Waals surface area contributed by atoms with E-state index in [0.717, 1.165) is 18.9 Å². The lowest BCUT2D eigenvalue weighted by Gasteiger charge is -2.16. The van der Waals surface area contributed by atoms with E-state index < -0.39 is 0 Å². The first kappa shape index (κ1) is 14.3. The molecule has 0 aliphatic heterocycles. The van der Waals surface area contributed by atoms with E-state index in [2.05, 4.69) is 17.4 Å². The van der Waals surface area contributed by atoms with Crippen LogP contribution in [0, 0.1) is 5.92 Å². The molecule has 1 atom stereocenters. The molecule has 4 N–H and O–H groups in total. The molecule has 0 aromatic rings. The van der Waals surface area contributed by atoms with Crippen LogP contribution in [-0.2, 0) is 0 Å². The van der Waals surface area contributed by atoms with Gasteiger partial charge in [-0.25, -0.2) is 0 Å². The summed E-state index contributed by atoms with van der Waals surface area (Å²) in [5.74, 6) is 1.29. The summed E-state index contributed by atoms with van der Waals surface area (Å²) in [6, 6.07) is 0.342. The fourth-order valence-electron chi connectivity index (χ4n) is 2.65. The van der Waals surface area contributed by atoms with Crippen molar-refractivity contribution in [3.63, 3.8) is 0 Å². The molecule has 1 fully saturated rings. The van der Waals surface area contributed by atoms with E-state index in [1.54, 1.807) is 0 Å². The van der Waals surface area contributed by atoms with Crippen LogP contribution in [0.15, 0.2) is 5.16 Å². The SMILES string of the molecule is CCC(CC(N)=NO)NCCCC1CCCC1. The Kier molecular flexibility index (Phi) is 7.01. The number of nitrogens with two attached hydrogens (primary N) is 1. The van der Waals surface area contributed by atoms with E-state index in [0.29, 0.717) is 18.3 Å². The van der Waals surface area contributed by atoms with Crippen LogP contribution in [0.5, 0.6) is 0 Å². The molecule has 0 radical (unpaired) electrons. The molecule has 0 spiro atoms. The van der Waals surface area contributed by atoms with Crippen molar-refractivity contribution in [3.05, 3.63) is 0 Å². The zero-order valence-corrected chi connectivity index (χ0v) is 11.0. The van der Waals surface area contributed by atoms with E-state index in [1.807, 2.05) is 0 Å². The van der Waals surface area contributed by atoms with Crippen molar-refractivity contribution in [1.82, 2.24) is 5.32 Å². The molecule has 17 heavy (non-hydrogen) atoms. The van der Waals surface area contributed by atoms with Gasteiger partial charge in [-0.15, -0.1) is 0 Å². The van der Waals surface area contributed by atoms with Crippen LogP contribution < -0.4 is 11.1 Å².